The zero-order chi connectivity index (χ0) is 15.6. The molecule has 0 saturated carbocycles. The van der Waals surface area contributed by atoms with E-state index in [0.29, 0.717) is 12.1 Å². The van der Waals surface area contributed by atoms with E-state index in [2.05, 4.69) is 10.1 Å². The van der Waals surface area contributed by atoms with Gasteiger partial charge in [-0.3, -0.25) is 14.5 Å². The number of esters is 1. The maximum Gasteiger partial charge on any atom is 0.325 e. The van der Waals surface area contributed by atoms with Gasteiger partial charge in [-0.05, 0) is 18.1 Å². The summed E-state index contributed by atoms with van der Waals surface area (Å²) in [5.41, 5.74) is 5.89. The van der Waals surface area contributed by atoms with Crippen LogP contribution >= 0.6 is 0 Å². The van der Waals surface area contributed by atoms with Gasteiger partial charge in [0.05, 0.1) is 7.11 Å². The van der Waals surface area contributed by atoms with Gasteiger partial charge in [-0.15, -0.1) is 0 Å². The summed E-state index contributed by atoms with van der Waals surface area (Å²) in [6, 6.07) is 6.45. The molecule has 1 aliphatic heterocycles. The fraction of sp³-hybridized carbons (Fsp3) is 0.357. The normalized spacial score (nSPS) is 21.4. The van der Waals surface area contributed by atoms with E-state index >= 15 is 0 Å². The molecule has 0 unspecified atom stereocenters. The van der Waals surface area contributed by atoms with Crippen LogP contribution in [0.2, 0.25) is 0 Å². The Labute approximate surface area is 122 Å². The third-order valence-corrected chi connectivity index (χ3v) is 3.56. The van der Waals surface area contributed by atoms with Gasteiger partial charge in [0.15, 0.2) is 0 Å². The summed E-state index contributed by atoms with van der Waals surface area (Å²) in [6.07, 6.45) is 0. The molecule has 7 heteroatoms. The highest BCUT2D eigenvalue weighted by Gasteiger charge is 2.49. The predicted octanol–water partition coefficient (Wildman–Crippen LogP) is 0.0853. The van der Waals surface area contributed by atoms with Crippen molar-refractivity contribution < 1.29 is 19.1 Å². The molecule has 3 N–H and O–H groups in total. The fourth-order valence-corrected chi connectivity index (χ4v) is 2.20. The van der Waals surface area contributed by atoms with Crippen molar-refractivity contribution in [3.05, 3.63) is 35.4 Å². The van der Waals surface area contributed by atoms with Crippen molar-refractivity contribution >= 4 is 17.9 Å². The molecule has 1 atom stereocenters. The number of carbonyl (C=O) groups is 3. The Bertz CT molecular complexity index is 584. The molecule has 0 radical (unpaired) electrons. The van der Waals surface area contributed by atoms with Gasteiger partial charge in [-0.2, -0.15) is 0 Å². The van der Waals surface area contributed by atoms with Gasteiger partial charge >= 0.3 is 12.0 Å². The Balaban J connectivity index is 2.28. The number of nitrogens with two attached hydrogens (primary N) is 1. The summed E-state index contributed by atoms with van der Waals surface area (Å²) in [5.74, 6) is -1.14. The summed E-state index contributed by atoms with van der Waals surface area (Å²) in [7, 11) is 1.20. The quantitative estimate of drug-likeness (QED) is 0.604. The highest BCUT2D eigenvalue weighted by Crippen LogP contribution is 2.28. The van der Waals surface area contributed by atoms with Crippen molar-refractivity contribution in [3.63, 3.8) is 0 Å². The van der Waals surface area contributed by atoms with Crippen LogP contribution in [0.1, 0.15) is 18.1 Å². The lowest BCUT2D eigenvalue weighted by atomic mass is 9.91. The van der Waals surface area contributed by atoms with E-state index in [-0.39, 0.29) is 0 Å². The lowest BCUT2D eigenvalue weighted by molar-refractivity contribution is -0.145. The van der Waals surface area contributed by atoms with E-state index in [9.17, 15) is 14.4 Å². The number of carbonyl (C=O) groups excluding carboxylic acids is 3. The molecule has 0 aliphatic carbocycles. The number of rotatable bonds is 4. The van der Waals surface area contributed by atoms with Crippen molar-refractivity contribution in [3.8, 4) is 0 Å². The highest BCUT2D eigenvalue weighted by atomic mass is 16.5. The van der Waals surface area contributed by atoms with Crippen molar-refractivity contribution in [1.29, 1.82) is 0 Å². The van der Waals surface area contributed by atoms with Crippen LogP contribution in [0.3, 0.4) is 0 Å². The lowest BCUT2D eigenvalue weighted by Crippen LogP contribution is -2.41. The van der Waals surface area contributed by atoms with Gasteiger partial charge in [0.2, 0.25) is 0 Å². The minimum absolute atomic E-state index is 0.395. The van der Waals surface area contributed by atoms with Gasteiger partial charge in [-0.25, -0.2) is 4.79 Å². The molecule has 0 bridgehead atoms. The largest absolute Gasteiger partial charge is 0.468 e. The molecule has 112 valence electrons. The van der Waals surface area contributed by atoms with Gasteiger partial charge < -0.3 is 15.8 Å². The van der Waals surface area contributed by atoms with Crippen LogP contribution in [-0.2, 0) is 26.4 Å². The topological polar surface area (TPSA) is 102 Å². The summed E-state index contributed by atoms with van der Waals surface area (Å²) in [6.45, 7) is 1.59. The minimum Gasteiger partial charge on any atom is -0.468 e. The Morgan fingerprint density at radius 1 is 1.33 bits per heavy atom. The van der Waals surface area contributed by atoms with Crippen molar-refractivity contribution in [2.24, 2.45) is 5.73 Å². The Kier molecular flexibility index (Phi) is 3.95. The van der Waals surface area contributed by atoms with E-state index in [1.807, 2.05) is 0 Å². The third-order valence-electron chi connectivity index (χ3n) is 3.56. The first-order chi connectivity index (χ1) is 9.92. The molecule has 1 heterocycles. The van der Waals surface area contributed by atoms with Crippen LogP contribution < -0.4 is 11.1 Å². The average Bonchev–Trinajstić information content (AvgIpc) is 2.71. The van der Waals surface area contributed by atoms with Crippen LogP contribution in [0, 0.1) is 0 Å². The van der Waals surface area contributed by atoms with Gasteiger partial charge in [0.1, 0.15) is 12.1 Å². The van der Waals surface area contributed by atoms with Crippen LogP contribution in [0.15, 0.2) is 24.3 Å². The smallest absolute Gasteiger partial charge is 0.325 e. The number of urea groups is 1. The number of hydrogen-bond acceptors (Lipinski definition) is 5. The second-order valence-electron chi connectivity index (χ2n) is 4.92. The molecular weight excluding hydrogens is 274 g/mol. The molecule has 2 rings (SSSR count). The number of ether oxygens (including phenoxy) is 1. The number of nitrogens with one attached hydrogen (secondary N) is 1. The summed E-state index contributed by atoms with van der Waals surface area (Å²) in [4.78, 5) is 36.5. The Hall–Kier alpha value is -2.41. The first-order valence-corrected chi connectivity index (χ1v) is 6.42. The van der Waals surface area contributed by atoms with E-state index in [0.717, 1.165) is 10.5 Å². The zero-order valence-electron chi connectivity index (χ0n) is 11.9. The molecule has 0 aromatic heterocycles. The zero-order valence-corrected chi connectivity index (χ0v) is 11.9. The number of hydrogen-bond donors (Lipinski definition) is 2. The van der Waals surface area contributed by atoms with E-state index < -0.39 is 30.0 Å². The standard InChI is InChI=1S/C14H17N3O4/c1-14(10-5-3-9(7-15)4-6-10)12(19)17(13(20)16-14)8-11(18)21-2/h3-6H,7-8,15H2,1-2H3,(H,16,20)/t14-/m1/s1. The molecule has 1 aromatic carbocycles. The number of nitrogens with zero attached hydrogens (tertiary/aromatic N) is 1. The van der Waals surface area contributed by atoms with E-state index in [1.54, 1.807) is 31.2 Å². The van der Waals surface area contributed by atoms with Crippen LogP contribution in [0.5, 0.6) is 0 Å². The molecule has 1 saturated heterocycles. The summed E-state index contributed by atoms with van der Waals surface area (Å²) < 4.78 is 4.49. The Morgan fingerprint density at radius 2 is 1.95 bits per heavy atom. The maximum absolute atomic E-state index is 12.5. The lowest BCUT2D eigenvalue weighted by Gasteiger charge is -2.22. The fourth-order valence-electron chi connectivity index (χ4n) is 2.20. The Morgan fingerprint density at radius 3 is 2.48 bits per heavy atom. The monoisotopic (exact) mass is 291 g/mol. The molecule has 21 heavy (non-hydrogen) atoms. The van der Waals surface area contributed by atoms with Gasteiger partial charge in [0, 0.05) is 6.54 Å². The second-order valence-corrected chi connectivity index (χ2v) is 4.92. The van der Waals surface area contributed by atoms with Gasteiger partial charge in [-0.1, -0.05) is 24.3 Å². The third kappa shape index (κ3) is 2.59. The molecule has 1 fully saturated rings. The van der Waals surface area contributed by atoms with Crippen LogP contribution in [0.25, 0.3) is 0 Å². The van der Waals surface area contributed by atoms with Crippen molar-refractivity contribution in [2.45, 2.75) is 19.0 Å². The van der Waals surface area contributed by atoms with Crippen molar-refractivity contribution in [2.75, 3.05) is 13.7 Å². The van der Waals surface area contributed by atoms with Crippen LogP contribution in [0.4, 0.5) is 4.79 Å². The minimum atomic E-state index is -1.20. The number of benzene rings is 1. The molecule has 1 aromatic rings. The maximum atomic E-state index is 12.5. The van der Waals surface area contributed by atoms with Crippen molar-refractivity contribution in [1.82, 2.24) is 10.2 Å². The average molecular weight is 291 g/mol. The molecule has 1 aliphatic rings. The highest BCUT2D eigenvalue weighted by molar-refractivity contribution is 6.08. The molecule has 7 nitrogen and oxygen atoms in total. The molecule has 3 amide bonds. The number of methoxy groups -OCH3 is 1. The summed E-state index contributed by atoms with van der Waals surface area (Å²) >= 11 is 0. The van der Waals surface area contributed by atoms with E-state index in [1.165, 1.54) is 7.11 Å². The van der Waals surface area contributed by atoms with Gasteiger partial charge in [0.25, 0.3) is 5.91 Å². The SMILES string of the molecule is COC(=O)CN1C(=O)N[C@](C)(c2ccc(CN)cc2)C1=O. The predicted molar refractivity (Wildman–Crippen MR) is 73.9 cm³/mol. The first kappa shape index (κ1) is 15.0. The molecule has 0 spiro atoms. The number of imide groups is 1. The number of amides is 3. The second kappa shape index (κ2) is 5.53. The van der Waals surface area contributed by atoms with Crippen LogP contribution in [-0.4, -0.2) is 36.5 Å². The van der Waals surface area contributed by atoms with E-state index in [4.69, 9.17) is 5.73 Å². The first-order valence-electron chi connectivity index (χ1n) is 6.42. The summed E-state index contributed by atoms with van der Waals surface area (Å²) in [5, 5.41) is 2.61. The molecular formula is C14H17N3O4.